The second kappa shape index (κ2) is 8.27. The van der Waals surface area contributed by atoms with E-state index in [9.17, 15) is 34.1 Å². The Morgan fingerprint density at radius 3 is 2.56 bits per heavy atom. The number of nitrogens with zero attached hydrogens (tertiary/aromatic N) is 3. The van der Waals surface area contributed by atoms with Crippen LogP contribution in [0.4, 0.5) is 0 Å². The molecule has 3 aliphatic rings. The zero-order chi connectivity index (χ0) is 24.9. The minimum atomic E-state index is -1.79. The number of imide groups is 1. The first-order valence-corrected chi connectivity index (χ1v) is 11.1. The van der Waals surface area contributed by atoms with Crippen LogP contribution in [-0.2, 0) is 28.7 Å². The summed E-state index contributed by atoms with van der Waals surface area (Å²) in [4.78, 5) is 80.8. The highest BCUT2D eigenvalue weighted by atomic mass is 32.2. The Kier molecular flexibility index (Phi) is 5.71. The van der Waals surface area contributed by atoms with Gasteiger partial charge in [-0.3, -0.25) is 24.1 Å². The Balaban J connectivity index is 1.62. The zero-order valence-electron chi connectivity index (χ0n) is 18.2. The monoisotopic (exact) mass is 493 g/mol. The second-order valence-corrected chi connectivity index (χ2v) is 9.22. The Hall–Kier alpha value is -3.68. The molecule has 13 nitrogen and oxygen atoms in total. The molecular weight excluding hydrogens is 474 g/mol. The lowest BCUT2D eigenvalue weighted by molar-refractivity contribution is -0.779. The molecule has 14 heteroatoms. The van der Waals surface area contributed by atoms with Crippen molar-refractivity contribution >= 4 is 41.4 Å². The predicted molar refractivity (Wildman–Crippen MR) is 112 cm³/mol. The van der Waals surface area contributed by atoms with E-state index in [1.54, 1.807) is 19.1 Å². The van der Waals surface area contributed by atoms with Gasteiger partial charge in [-0.2, -0.15) is 0 Å². The van der Waals surface area contributed by atoms with E-state index in [1.165, 1.54) is 13.0 Å². The number of rotatable bonds is 6. The number of hydrogen-bond donors (Lipinski definition) is 0. The zero-order valence-corrected chi connectivity index (χ0v) is 19.0. The fourth-order valence-electron chi connectivity index (χ4n) is 4.36. The maximum atomic E-state index is 13.2. The minimum Gasteiger partial charge on any atom is -0.428 e. The van der Waals surface area contributed by atoms with Crippen LogP contribution in [0.25, 0.3) is 0 Å². The number of thioether (sulfide) groups is 1. The van der Waals surface area contributed by atoms with Gasteiger partial charge in [0.25, 0.3) is 22.8 Å². The van der Waals surface area contributed by atoms with Crippen molar-refractivity contribution in [1.29, 1.82) is 0 Å². The Morgan fingerprint density at radius 2 is 1.94 bits per heavy atom. The molecule has 3 aliphatic heterocycles. The van der Waals surface area contributed by atoms with Crippen LogP contribution in [0.3, 0.4) is 0 Å². The van der Waals surface area contributed by atoms with Crippen molar-refractivity contribution in [2.24, 2.45) is 0 Å². The summed E-state index contributed by atoms with van der Waals surface area (Å²) in [6.07, 6.45) is 0. The summed E-state index contributed by atoms with van der Waals surface area (Å²) in [7, 11) is 0. The molecule has 0 saturated carbocycles. The summed E-state index contributed by atoms with van der Waals surface area (Å²) in [5.41, 5.74) is -0.830. The van der Waals surface area contributed by atoms with Gasteiger partial charge in [0.15, 0.2) is 11.6 Å². The van der Waals surface area contributed by atoms with Gasteiger partial charge in [0.05, 0.1) is 11.1 Å². The molecule has 3 amide bonds. The molecule has 0 spiro atoms. The van der Waals surface area contributed by atoms with Gasteiger partial charge in [0.2, 0.25) is 6.79 Å². The first kappa shape index (κ1) is 23.5. The summed E-state index contributed by atoms with van der Waals surface area (Å²) < 4.78 is 9.48. The third-order valence-corrected chi connectivity index (χ3v) is 7.42. The van der Waals surface area contributed by atoms with Crippen LogP contribution >= 0.6 is 11.8 Å². The largest absolute Gasteiger partial charge is 0.428 e. The number of benzene rings is 1. The maximum Gasteiger partial charge on any atom is 0.334 e. The van der Waals surface area contributed by atoms with E-state index >= 15 is 0 Å². The normalized spacial score (nSPS) is 27.5. The smallest absolute Gasteiger partial charge is 0.334 e. The third kappa shape index (κ3) is 3.54. The first-order chi connectivity index (χ1) is 16.0. The summed E-state index contributed by atoms with van der Waals surface area (Å²) >= 11 is 1.03. The molecule has 0 bridgehead atoms. The van der Waals surface area contributed by atoms with E-state index in [1.807, 2.05) is 0 Å². The molecule has 0 radical (unpaired) electrons. The Morgan fingerprint density at radius 1 is 1.24 bits per heavy atom. The van der Waals surface area contributed by atoms with E-state index < -0.39 is 64.6 Å². The third-order valence-electron chi connectivity index (χ3n) is 5.85. The molecule has 0 N–H and O–H groups in total. The molecule has 1 aromatic rings. The number of β-lactam (4-membered cyclic amide) rings is 1. The van der Waals surface area contributed by atoms with Gasteiger partial charge >= 0.3 is 11.9 Å². The van der Waals surface area contributed by atoms with Gasteiger partial charge in [-0.05, 0) is 25.5 Å². The SMILES string of the molecule is CC(=O)OCOC(=O)C1N2C(=O)C(N3C(=O)c4cccc(C)c4C3=O)[C@@H]2SC[C@@]1(C)O[N+](=O)[O-]. The highest BCUT2D eigenvalue weighted by Gasteiger charge is 2.66. The number of carbonyl (C=O) groups excluding carboxylic acids is 5. The van der Waals surface area contributed by atoms with Gasteiger partial charge in [-0.25, -0.2) is 4.79 Å². The lowest BCUT2D eigenvalue weighted by atomic mass is 9.90. The van der Waals surface area contributed by atoms with Crippen LogP contribution in [0.15, 0.2) is 18.2 Å². The molecule has 4 rings (SSSR count). The van der Waals surface area contributed by atoms with Crippen molar-refractivity contribution in [3.8, 4) is 0 Å². The van der Waals surface area contributed by atoms with E-state index in [0.29, 0.717) is 5.56 Å². The Labute approximate surface area is 196 Å². The Bertz CT molecular complexity index is 1140. The number of ether oxygens (including phenoxy) is 2. The highest BCUT2D eigenvalue weighted by molar-refractivity contribution is 8.00. The molecule has 180 valence electrons. The van der Waals surface area contributed by atoms with Crippen LogP contribution in [0, 0.1) is 17.0 Å². The van der Waals surface area contributed by atoms with Crippen molar-refractivity contribution in [1.82, 2.24) is 9.80 Å². The first-order valence-electron chi connectivity index (χ1n) is 10.0. The van der Waals surface area contributed by atoms with E-state index in [4.69, 9.17) is 9.57 Å². The van der Waals surface area contributed by atoms with Crippen LogP contribution < -0.4 is 0 Å². The van der Waals surface area contributed by atoms with E-state index in [-0.39, 0.29) is 16.9 Å². The number of hydrogen-bond acceptors (Lipinski definition) is 11. The fraction of sp³-hybridized carbons (Fsp3) is 0.450. The average molecular weight is 493 g/mol. The topological polar surface area (TPSA) is 163 Å². The molecule has 2 unspecified atom stereocenters. The van der Waals surface area contributed by atoms with Gasteiger partial charge in [0, 0.05) is 12.7 Å². The van der Waals surface area contributed by atoms with Gasteiger partial charge in [0.1, 0.15) is 11.4 Å². The molecule has 0 aliphatic carbocycles. The fourth-order valence-corrected chi connectivity index (χ4v) is 5.88. The van der Waals surface area contributed by atoms with Gasteiger partial charge in [-0.1, -0.05) is 12.1 Å². The van der Waals surface area contributed by atoms with Crippen LogP contribution in [0.1, 0.15) is 40.1 Å². The van der Waals surface area contributed by atoms with E-state index in [0.717, 1.165) is 28.5 Å². The lowest BCUT2D eigenvalue weighted by Crippen LogP contribution is -2.79. The minimum absolute atomic E-state index is 0.131. The molecule has 4 atom stereocenters. The van der Waals surface area contributed by atoms with Crippen molar-refractivity contribution < 1.29 is 43.4 Å². The highest BCUT2D eigenvalue weighted by Crippen LogP contribution is 2.47. The van der Waals surface area contributed by atoms with Crippen LogP contribution in [0.2, 0.25) is 0 Å². The number of fused-ring (bicyclic) bond motifs is 2. The molecule has 3 heterocycles. The van der Waals surface area contributed by atoms with E-state index in [2.05, 4.69) is 4.74 Å². The van der Waals surface area contributed by atoms with Crippen molar-refractivity contribution in [3.63, 3.8) is 0 Å². The summed E-state index contributed by atoms with van der Waals surface area (Å²) in [5, 5.41) is 9.16. The number of amides is 3. The molecule has 2 saturated heterocycles. The molecular formula is C20H19N3O10S. The maximum absolute atomic E-state index is 13.2. The quantitative estimate of drug-likeness (QED) is 0.133. The summed E-state index contributed by atoms with van der Waals surface area (Å²) in [5.74, 6) is -3.98. The summed E-state index contributed by atoms with van der Waals surface area (Å²) in [6, 6.07) is 2.01. The van der Waals surface area contributed by atoms with Crippen molar-refractivity contribution in [2.75, 3.05) is 12.5 Å². The molecule has 1 aromatic carbocycles. The predicted octanol–water partition coefficient (Wildman–Crippen LogP) is 0.274. The molecule has 0 aromatic heterocycles. The summed E-state index contributed by atoms with van der Waals surface area (Å²) in [6.45, 7) is 3.27. The van der Waals surface area contributed by atoms with Crippen molar-refractivity contribution in [3.05, 3.63) is 45.0 Å². The molecule has 2 fully saturated rings. The standard InChI is InChI=1S/C20H19N3O10S/c1-9-5-4-6-11-12(9)16(26)21(15(11)25)13-17(27)22-14(19(28)32-8-31-10(2)24)20(3,33-23(29)30)7-34-18(13)22/h4-6,13-14,18H,7-8H2,1-3H3/t13?,14?,18-,20+/m0/s1. The molecule has 34 heavy (non-hydrogen) atoms. The number of esters is 2. The van der Waals surface area contributed by atoms with Gasteiger partial charge in [-0.15, -0.1) is 21.9 Å². The average Bonchev–Trinajstić information content (AvgIpc) is 2.99. The van der Waals surface area contributed by atoms with Gasteiger partial charge < -0.3 is 19.2 Å². The van der Waals surface area contributed by atoms with Crippen LogP contribution in [-0.4, -0.2) is 80.2 Å². The van der Waals surface area contributed by atoms with Crippen LogP contribution in [0.5, 0.6) is 0 Å². The number of carbonyl (C=O) groups is 5. The second-order valence-electron chi connectivity index (χ2n) is 8.12. The number of aryl methyl sites for hydroxylation is 1. The lowest BCUT2D eigenvalue weighted by Gasteiger charge is -2.57. The van der Waals surface area contributed by atoms with Crippen molar-refractivity contribution in [2.45, 2.75) is 43.8 Å².